The molecule has 4 aromatic rings. The van der Waals surface area contributed by atoms with Gasteiger partial charge in [-0.1, -0.05) is 69.7 Å². The molecule has 0 saturated heterocycles. The molecule has 2 heterocycles. The Bertz CT molecular complexity index is 1390. The highest BCUT2D eigenvalue weighted by molar-refractivity contribution is 5.86. The van der Waals surface area contributed by atoms with Gasteiger partial charge in [0.1, 0.15) is 0 Å². The second kappa shape index (κ2) is 8.79. The number of nitrogens with zero attached hydrogens (tertiary/aromatic N) is 3. The van der Waals surface area contributed by atoms with Gasteiger partial charge in [0.2, 0.25) is 0 Å². The van der Waals surface area contributed by atoms with E-state index in [1.165, 1.54) is 7.05 Å². The van der Waals surface area contributed by atoms with Crippen LogP contribution in [0, 0.1) is 5.92 Å². The number of aliphatic hydroxyl groups excluding tert-OH is 1. The largest absolute Gasteiger partial charge is 0.387 e. The minimum Gasteiger partial charge on any atom is -0.387 e. The molecule has 6 nitrogen and oxygen atoms in total. The molecule has 6 heteroatoms. The maximum absolute atomic E-state index is 13.2. The summed E-state index contributed by atoms with van der Waals surface area (Å²) in [5, 5.41) is 13.8. The van der Waals surface area contributed by atoms with E-state index >= 15 is 0 Å². The third kappa shape index (κ3) is 3.79. The molecule has 168 valence electrons. The maximum atomic E-state index is 13.2. The Morgan fingerprint density at radius 3 is 2.47 bits per heavy atom. The van der Waals surface area contributed by atoms with Gasteiger partial charge in [-0.25, -0.2) is 4.79 Å². The molecule has 0 aliphatic heterocycles. The monoisotopic (exact) mass is 433 g/mol. The molecular weight excluding hydrogens is 402 g/mol. The van der Waals surface area contributed by atoms with Crippen molar-refractivity contribution in [1.82, 2.24) is 13.7 Å². The Hall–Kier alpha value is -3.12. The molecule has 0 spiro atoms. The molecule has 0 fully saturated rings. The molecule has 0 saturated carbocycles. The third-order valence-electron chi connectivity index (χ3n) is 6.07. The fourth-order valence-corrected chi connectivity index (χ4v) is 4.57. The van der Waals surface area contributed by atoms with Gasteiger partial charge in [0.15, 0.2) is 0 Å². The number of hydrogen-bond acceptors (Lipinski definition) is 3. The normalized spacial score (nSPS) is 12.8. The van der Waals surface area contributed by atoms with E-state index in [9.17, 15) is 14.7 Å². The molecule has 4 rings (SSSR count). The van der Waals surface area contributed by atoms with Crippen LogP contribution in [0.3, 0.4) is 0 Å². The van der Waals surface area contributed by atoms with Crippen molar-refractivity contribution in [1.29, 1.82) is 0 Å². The Balaban J connectivity index is 2.01. The van der Waals surface area contributed by atoms with Crippen molar-refractivity contribution in [2.24, 2.45) is 13.0 Å². The van der Waals surface area contributed by atoms with Crippen molar-refractivity contribution in [2.75, 3.05) is 0 Å². The quantitative estimate of drug-likeness (QED) is 0.475. The fraction of sp³-hybridized carbons (Fsp3) is 0.385. The molecule has 0 aliphatic rings. The standard InChI is InChI=1S/C26H31N3O3/c1-5-9-22(30)24-23-21(29(14-17(2)3)26(32)27(4)25(23)31)16-28(24)15-19-12-8-11-18-10-6-7-13-20(18)19/h6-8,10-13,16-17,22,30H,5,9,14-15H2,1-4H3. The van der Waals surface area contributed by atoms with Crippen molar-refractivity contribution in [3.8, 4) is 0 Å². The first kappa shape index (κ1) is 22.1. The molecular formula is C26H31N3O3. The molecule has 1 unspecified atom stereocenters. The average Bonchev–Trinajstić information content (AvgIpc) is 3.14. The molecule has 1 N–H and O–H groups in total. The fourth-order valence-electron chi connectivity index (χ4n) is 4.57. The van der Waals surface area contributed by atoms with Gasteiger partial charge in [-0.2, -0.15) is 0 Å². The van der Waals surface area contributed by atoms with Crippen LogP contribution in [-0.4, -0.2) is 18.8 Å². The van der Waals surface area contributed by atoms with Crippen molar-refractivity contribution in [3.05, 3.63) is 80.8 Å². The van der Waals surface area contributed by atoms with E-state index in [1.54, 1.807) is 4.57 Å². The predicted molar refractivity (Wildman–Crippen MR) is 129 cm³/mol. The van der Waals surface area contributed by atoms with E-state index in [1.807, 2.05) is 49.7 Å². The highest BCUT2D eigenvalue weighted by Gasteiger charge is 2.24. The van der Waals surface area contributed by atoms with E-state index in [-0.39, 0.29) is 17.2 Å². The van der Waals surface area contributed by atoms with Crippen molar-refractivity contribution < 1.29 is 5.11 Å². The van der Waals surface area contributed by atoms with E-state index < -0.39 is 6.10 Å². The smallest absolute Gasteiger partial charge is 0.331 e. The molecule has 32 heavy (non-hydrogen) atoms. The molecule has 0 aliphatic carbocycles. The first-order chi connectivity index (χ1) is 15.3. The Morgan fingerprint density at radius 2 is 1.75 bits per heavy atom. The number of benzene rings is 2. The van der Waals surface area contributed by atoms with E-state index in [2.05, 4.69) is 24.3 Å². The van der Waals surface area contributed by atoms with Crippen molar-refractivity contribution in [3.63, 3.8) is 0 Å². The van der Waals surface area contributed by atoms with Gasteiger partial charge in [0, 0.05) is 26.3 Å². The van der Waals surface area contributed by atoms with Crippen molar-refractivity contribution >= 4 is 21.7 Å². The summed E-state index contributed by atoms with van der Waals surface area (Å²) in [6, 6.07) is 14.4. The van der Waals surface area contributed by atoms with Crippen LogP contribution in [0.4, 0.5) is 0 Å². The number of hydrogen-bond donors (Lipinski definition) is 1. The van der Waals surface area contributed by atoms with Crippen LogP contribution in [0.1, 0.15) is 51.0 Å². The number of aromatic nitrogens is 3. The first-order valence-electron chi connectivity index (χ1n) is 11.3. The lowest BCUT2D eigenvalue weighted by Gasteiger charge is -2.16. The lowest BCUT2D eigenvalue weighted by molar-refractivity contribution is 0.159. The van der Waals surface area contributed by atoms with Gasteiger partial charge in [0.25, 0.3) is 5.56 Å². The molecule has 0 amide bonds. The van der Waals surface area contributed by atoms with Crippen molar-refractivity contribution in [2.45, 2.75) is 52.8 Å². The van der Waals surface area contributed by atoms with Gasteiger partial charge >= 0.3 is 5.69 Å². The van der Waals surface area contributed by atoms with Gasteiger partial charge in [-0.3, -0.25) is 13.9 Å². The summed E-state index contributed by atoms with van der Waals surface area (Å²) in [7, 11) is 1.51. The summed E-state index contributed by atoms with van der Waals surface area (Å²) < 4.78 is 4.79. The summed E-state index contributed by atoms with van der Waals surface area (Å²) in [6.07, 6.45) is 2.41. The second-order valence-corrected chi connectivity index (χ2v) is 9.00. The van der Waals surface area contributed by atoms with E-state index in [4.69, 9.17) is 0 Å². The number of aliphatic hydroxyl groups is 1. The van der Waals surface area contributed by atoms with Gasteiger partial charge < -0.3 is 9.67 Å². The number of rotatable bonds is 7. The maximum Gasteiger partial charge on any atom is 0.331 e. The van der Waals surface area contributed by atoms with Crippen LogP contribution in [-0.2, 0) is 20.1 Å². The summed E-state index contributed by atoms with van der Waals surface area (Å²) in [6.45, 7) is 7.11. The number of fused-ring (bicyclic) bond motifs is 2. The van der Waals surface area contributed by atoms with Gasteiger partial charge in [0.05, 0.1) is 22.7 Å². The van der Waals surface area contributed by atoms with Crippen LogP contribution in [0.5, 0.6) is 0 Å². The zero-order chi connectivity index (χ0) is 23.0. The highest BCUT2D eigenvalue weighted by Crippen LogP contribution is 2.29. The highest BCUT2D eigenvalue weighted by atomic mass is 16.3. The minimum atomic E-state index is -0.787. The van der Waals surface area contributed by atoms with E-state index in [0.29, 0.717) is 36.1 Å². The Kier molecular flexibility index (Phi) is 6.07. The Morgan fingerprint density at radius 1 is 1.03 bits per heavy atom. The molecule has 2 aromatic heterocycles. The zero-order valence-corrected chi connectivity index (χ0v) is 19.2. The lowest BCUT2D eigenvalue weighted by atomic mass is 10.0. The first-order valence-corrected chi connectivity index (χ1v) is 11.3. The minimum absolute atomic E-state index is 0.235. The predicted octanol–water partition coefficient (Wildman–Crippen LogP) is 4.19. The molecule has 0 radical (unpaired) electrons. The lowest BCUT2D eigenvalue weighted by Crippen LogP contribution is -2.38. The van der Waals surface area contributed by atoms with Crippen LogP contribution in [0.15, 0.2) is 58.3 Å². The van der Waals surface area contributed by atoms with Gasteiger partial charge in [-0.05, 0) is 28.7 Å². The summed E-state index contributed by atoms with van der Waals surface area (Å²) in [5.41, 5.74) is 1.61. The third-order valence-corrected chi connectivity index (χ3v) is 6.07. The second-order valence-electron chi connectivity index (χ2n) is 9.00. The van der Waals surface area contributed by atoms with Gasteiger partial charge in [-0.15, -0.1) is 0 Å². The van der Waals surface area contributed by atoms with Crippen LogP contribution < -0.4 is 11.2 Å². The summed E-state index contributed by atoms with van der Waals surface area (Å²) >= 11 is 0. The molecule has 2 aromatic carbocycles. The summed E-state index contributed by atoms with van der Waals surface area (Å²) in [4.78, 5) is 26.2. The van der Waals surface area contributed by atoms with Crippen LogP contribution in [0.2, 0.25) is 0 Å². The van der Waals surface area contributed by atoms with E-state index in [0.717, 1.165) is 27.3 Å². The Labute approximate surface area is 187 Å². The van der Waals surface area contributed by atoms with Crippen LogP contribution >= 0.6 is 0 Å². The summed E-state index contributed by atoms with van der Waals surface area (Å²) in [5.74, 6) is 0.235. The zero-order valence-electron chi connectivity index (χ0n) is 19.2. The average molecular weight is 434 g/mol. The SMILES string of the molecule is CCCC(O)c1c2c(=O)n(C)c(=O)n(CC(C)C)c2cn1Cc1cccc2ccccc12. The molecule has 1 atom stereocenters. The van der Waals surface area contributed by atoms with Crippen LogP contribution in [0.25, 0.3) is 21.7 Å². The topological polar surface area (TPSA) is 69.2 Å². The molecule has 0 bridgehead atoms.